The molecule has 0 unspecified atom stereocenters. The van der Waals surface area contributed by atoms with Gasteiger partial charge >= 0.3 is 17.9 Å². The zero-order valence-electron chi connectivity index (χ0n) is 25.0. The Bertz CT molecular complexity index is 1330. The van der Waals surface area contributed by atoms with E-state index in [0.29, 0.717) is 42.3 Å². The average Bonchev–Trinajstić information content (AvgIpc) is 3.03. The van der Waals surface area contributed by atoms with Crippen molar-refractivity contribution in [3.8, 4) is 23.0 Å². The third-order valence-electron chi connectivity index (χ3n) is 6.61. The Kier molecular flexibility index (Phi) is 13.8. The van der Waals surface area contributed by atoms with Crippen molar-refractivity contribution in [2.75, 3.05) is 20.3 Å². The molecule has 0 amide bonds. The van der Waals surface area contributed by atoms with E-state index >= 15 is 0 Å². The summed E-state index contributed by atoms with van der Waals surface area (Å²) in [5.41, 5.74) is 1.83. The van der Waals surface area contributed by atoms with Gasteiger partial charge in [0, 0.05) is 6.08 Å². The molecule has 3 aromatic carbocycles. The molecule has 0 aliphatic carbocycles. The number of aryl methyl sites for hydroxylation is 1. The smallest absolute Gasteiger partial charge is 0.343 e. The van der Waals surface area contributed by atoms with E-state index in [1.165, 1.54) is 56.6 Å². The lowest BCUT2D eigenvalue weighted by molar-refractivity contribution is -0.137. The zero-order chi connectivity index (χ0) is 30.9. The van der Waals surface area contributed by atoms with Gasteiger partial charge in [0.1, 0.15) is 11.5 Å². The average molecular weight is 589 g/mol. The van der Waals surface area contributed by atoms with Crippen LogP contribution in [0.2, 0.25) is 0 Å². The van der Waals surface area contributed by atoms with E-state index in [2.05, 4.69) is 13.5 Å². The van der Waals surface area contributed by atoms with E-state index in [9.17, 15) is 14.4 Å². The summed E-state index contributed by atoms with van der Waals surface area (Å²) in [4.78, 5) is 36.4. The zero-order valence-corrected chi connectivity index (χ0v) is 25.0. The summed E-state index contributed by atoms with van der Waals surface area (Å²) in [6, 6.07) is 18.5. The van der Waals surface area contributed by atoms with Crippen molar-refractivity contribution in [2.24, 2.45) is 0 Å². The van der Waals surface area contributed by atoms with Crippen LogP contribution >= 0.6 is 0 Å². The van der Waals surface area contributed by atoms with Gasteiger partial charge in [0.15, 0.2) is 11.5 Å². The van der Waals surface area contributed by atoms with Gasteiger partial charge in [-0.25, -0.2) is 14.4 Å². The molecule has 0 heterocycles. The fourth-order valence-corrected chi connectivity index (χ4v) is 4.18. The molecule has 0 fully saturated rings. The van der Waals surface area contributed by atoms with Crippen LogP contribution in [0.1, 0.15) is 78.1 Å². The van der Waals surface area contributed by atoms with Gasteiger partial charge in [-0.3, -0.25) is 0 Å². The van der Waals surface area contributed by atoms with Crippen LogP contribution in [0.15, 0.2) is 79.4 Å². The Morgan fingerprint density at radius 3 is 1.95 bits per heavy atom. The van der Waals surface area contributed by atoms with Crippen molar-refractivity contribution in [2.45, 2.75) is 58.3 Å². The Morgan fingerprint density at radius 1 is 0.698 bits per heavy atom. The van der Waals surface area contributed by atoms with Gasteiger partial charge < -0.3 is 23.7 Å². The van der Waals surface area contributed by atoms with Crippen LogP contribution in [-0.4, -0.2) is 38.2 Å². The molecular formula is C35H40O8. The summed E-state index contributed by atoms with van der Waals surface area (Å²) in [7, 11) is 1.48. The molecule has 8 heteroatoms. The first-order valence-electron chi connectivity index (χ1n) is 14.7. The molecule has 0 aliphatic rings. The molecule has 0 aliphatic heterocycles. The van der Waals surface area contributed by atoms with Crippen LogP contribution in [-0.2, 0) is 16.0 Å². The predicted octanol–water partition coefficient (Wildman–Crippen LogP) is 7.53. The van der Waals surface area contributed by atoms with E-state index < -0.39 is 17.9 Å². The number of methoxy groups -OCH3 is 1. The number of ether oxygens (including phenoxy) is 5. The van der Waals surface area contributed by atoms with Crippen LogP contribution in [0.25, 0.3) is 0 Å². The summed E-state index contributed by atoms with van der Waals surface area (Å²) in [5.74, 6) is 0.0703. The van der Waals surface area contributed by atoms with Crippen LogP contribution in [0.4, 0.5) is 0 Å². The highest BCUT2D eigenvalue weighted by atomic mass is 16.5. The summed E-state index contributed by atoms with van der Waals surface area (Å²) < 4.78 is 27.0. The number of hydrogen-bond acceptors (Lipinski definition) is 8. The Labute approximate surface area is 253 Å². The summed E-state index contributed by atoms with van der Waals surface area (Å²) >= 11 is 0. The third-order valence-corrected chi connectivity index (χ3v) is 6.61. The maximum atomic E-state index is 12.7. The van der Waals surface area contributed by atoms with Crippen molar-refractivity contribution in [1.29, 1.82) is 0 Å². The van der Waals surface area contributed by atoms with Crippen LogP contribution in [0, 0.1) is 0 Å². The lowest BCUT2D eigenvalue weighted by Gasteiger charge is -2.12. The molecule has 0 saturated carbocycles. The van der Waals surface area contributed by atoms with Gasteiger partial charge in [-0.15, -0.1) is 0 Å². The van der Waals surface area contributed by atoms with Gasteiger partial charge in [-0.1, -0.05) is 51.3 Å². The predicted molar refractivity (Wildman–Crippen MR) is 164 cm³/mol. The number of carbonyl (C=O) groups excluding carboxylic acids is 3. The molecule has 0 aromatic heterocycles. The Balaban J connectivity index is 1.47. The molecule has 43 heavy (non-hydrogen) atoms. The van der Waals surface area contributed by atoms with Crippen LogP contribution < -0.4 is 18.9 Å². The van der Waals surface area contributed by atoms with Crippen molar-refractivity contribution >= 4 is 17.9 Å². The molecular weight excluding hydrogens is 548 g/mol. The lowest BCUT2D eigenvalue weighted by Crippen LogP contribution is -2.11. The SMILES string of the molecule is C=CC(=O)OCCCCOc1ccc(C(=O)Oc2ccc(C(=O)Oc3ccc(CCCCCCC)cc3)cc2)cc1OC. The van der Waals surface area contributed by atoms with Crippen LogP contribution in [0.3, 0.4) is 0 Å². The van der Waals surface area contributed by atoms with E-state index in [1.807, 2.05) is 24.3 Å². The third kappa shape index (κ3) is 11.3. The van der Waals surface area contributed by atoms with E-state index in [1.54, 1.807) is 24.3 Å². The first kappa shape index (κ1) is 32.9. The quantitative estimate of drug-likeness (QED) is 0.0651. The highest BCUT2D eigenvalue weighted by Gasteiger charge is 2.15. The number of unbranched alkanes of at least 4 members (excludes halogenated alkanes) is 5. The Morgan fingerprint density at radius 2 is 1.30 bits per heavy atom. The highest BCUT2D eigenvalue weighted by molar-refractivity contribution is 5.93. The van der Waals surface area contributed by atoms with E-state index in [-0.39, 0.29) is 17.9 Å². The molecule has 228 valence electrons. The maximum Gasteiger partial charge on any atom is 0.343 e. The van der Waals surface area contributed by atoms with Gasteiger partial charge in [0.05, 0.1) is 31.5 Å². The van der Waals surface area contributed by atoms with Crippen molar-refractivity contribution in [3.05, 3.63) is 96.1 Å². The van der Waals surface area contributed by atoms with Gasteiger partial charge in [0.2, 0.25) is 0 Å². The fraction of sp³-hybridized carbons (Fsp3) is 0.343. The largest absolute Gasteiger partial charge is 0.493 e. The first-order valence-corrected chi connectivity index (χ1v) is 14.7. The molecule has 8 nitrogen and oxygen atoms in total. The minimum atomic E-state index is -0.588. The van der Waals surface area contributed by atoms with Crippen molar-refractivity contribution in [1.82, 2.24) is 0 Å². The minimum Gasteiger partial charge on any atom is -0.493 e. The second-order valence-electron chi connectivity index (χ2n) is 9.90. The molecule has 3 rings (SSSR count). The second-order valence-corrected chi connectivity index (χ2v) is 9.90. The van der Waals surface area contributed by atoms with Gasteiger partial charge in [0.25, 0.3) is 0 Å². The van der Waals surface area contributed by atoms with E-state index in [0.717, 1.165) is 18.9 Å². The number of carbonyl (C=O) groups is 3. The van der Waals surface area contributed by atoms with Crippen molar-refractivity contribution in [3.63, 3.8) is 0 Å². The van der Waals surface area contributed by atoms with Gasteiger partial charge in [-0.2, -0.15) is 0 Å². The molecule has 0 spiro atoms. The second kappa shape index (κ2) is 18.1. The molecule has 0 radical (unpaired) electrons. The molecule has 0 saturated heterocycles. The summed E-state index contributed by atoms with van der Waals surface area (Å²) in [6.45, 7) is 6.22. The lowest BCUT2D eigenvalue weighted by atomic mass is 10.1. The number of esters is 3. The number of rotatable bonds is 18. The highest BCUT2D eigenvalue weighted by Crippen LogP contribution is 2.29. The molecule has 0 N–H and O–H groups in total. The molecule has 0 atom stereocenters. The van der Waals surface area contributed by atoms with Crippen molar-refractivity contribution < 1.29 is 38.1 Å². The molecule has 3 aromatic rings. The number of hydrogen-bond donors (Lipinski definition) is 0. The monoisotopic (exact) mass is 588 g/mol. The number of benzene rings is 3. The summed E-state index contributed by atoms with van der Waals surface area (Å²) in [5, 5.41) is 0. The van der Waals surface area contributed by atoms with Crippen LogP contribution in [0.5, 0.6) is 23.0 Å². The topological polar surface area (TPSA) is 97.4 Å². The normalized spacial score (nSPS) is 10.5. The standard InChI is InChI=1S/C35H40O8/c1-4-6-7-8-9-12-26-13-18-29(19-14-26)42-34(37)27-15-20-30(21-16-27)43-35(38)28-17-22-31(32(25-28)39-3)40-23-10-11-24-41-33(36)5-2/h5,13-22,25H,2,4,6-12,23-24H2,1,3H3. The van der Waals surface area contributed by atoms with E-state index in [4.69, 9.17) is 23.7 Å². The first-order chi connectivity index (χ1) is 20.9. The summed E-state index contributed by atoms with van der Waals surface area (Å²) in [6.07, 6.45) is 9.59. The Hall–Kier alpha value is -4.59. The maximum absolute atomic E-state index is 12.7. The minimum absolute atomic E-state index is 0.272. The van der Waals surface area contributed by atoms with Gasteiger partial charge in [-0.05, 0) is 85.8 Å². The molecule has 0 bridgehead atoms. The fourth-order valence-electron chi connectivity index (χ4n) is 4.18.